The van der Waals surface area contributed by atoms with Gasteiger partial charge in [0.05, 0.1) is 12.5 Å². The van der Waals surface area contributed by atoms with E-state index in [9.17, 15) is 14.4 Å². The van der Waals surface area contributed by atoms with Gasteiger partial charge in [0.15, 0.2) is 5.78 Å². The molecule has 1 atom stereocenters. The number of hydrogen-bond acceptors (Lipinski definition) is 3. The highest BCUT2D eigenvalue weighted by molar-refractivity contribution is 6.12. The van der Waals surface area contributed by atoms with E-state index in [1.54, 1.807) is 0 Å². The van der Waals surface area contributed by atoms with E-state index in [1.807, 2.05) is 0 Å². The number of Topliss-reactive ketones (excluding diaryl/α,β-unsaturated/α-hetero) is 1. The Morgan fingerprint density at radius 3 is 2.36 bits per heavy atom. The number of carbonyl (C=O) groups excluding carboxylic acids is 2. The Kier molecular flexibility index (Phi) is 1.64. The average Bonchev–Trinajstić information content (AvgIpc) is 2.07. The van der Waals surface area contributed by atoms with Gasteiger partial charge in [-0.15, -0.1) is 0 Å². The first-order chi connectivity index (χ1) is 5.04. The minimum Gasteiger partial charge on any atom is -0.465 e. The largest absolute Gasteiger partial charge is 0.465 e. The van der Waals surface area contributed by atoms with E-state index < -0.39 is 18.0 Å². The summed E-state index contributed by atoms with van der Waals surface area (Å²) in [4.78, 5) is 32.4. The molecular weight excluding hydrogens is 150 g/mol. The van der Waals surface area contributed by atoms with Crippen LogP contribution in [0.1, 0.15) is 13.3 Å². The average molecular weight is 157 g/mol. The molecule has 1 fully saturated rings. The van der Waals surface area contributed by atoms with Crippen LogP contribution in [0.4, 0.5) is 4.79 Å². The van der Waals surface area contributed by atoms with Crippen molar-refractivity contribution in [3.8, 4) is 0 Å². The first-order valence-electron chi connectivity index (χ1n) is 3.11. The molecule has 60 valence electrons. The van der Waals surface area contributed by atoms with Gasteiger partial charge < -0.3 is 5.11 Å². The second-order valence-corrected chi connectivity index (χ2v) is 2.37. The number of nitrogens with zero attached hydrogens (tertiary/aromatic N) is 1. The number of hydrogen-bond donors (Lipinski definition) is 1. The predicted molar refractivity (Wildman–Crippen MR) is 34.0 cm³/mol. The highest BCUT2D eigenvalue weighted by atomic mass is 16.4. The fourth-order valence-electron chi connectivity index (χ4n) is 1.01. The third kappa shape index (κ3) is 1.09. The van der Waals surface area contributed by atoms with Gasteiger partial charge in [0.25, 0.3) is 0 Å². The molecule has 1 unspecified atom stereocenters. The van der Waals surface area contributed by atoms with Gasteiger partial charge in [-0.1, -0.05) is 0 Å². The third-order valence-electron chi connectivity index (χ3n) is 1.65. The van der Waals surface area contributed by atoms with E-state index in [0.29, 0.717) is 4.90 Å². The lowest BCUT2D eigenvalue weighted by Crippen LogP contribution is -2.37. The maximum absolute atomic E-state index is 10.8. The highest BCUT2D eigenvalue weighted by Gasteiger charge is 2.39. The van der Waals surface area contributed by atoms with Crippen molar-refractivity contribution >= 4 is 17.8 Å². The molecular formula is C6H7NO4. The summed E-state index contributed by atoms with van der Waals surface area (Å²) in [6, 6.07) is -0.806. The second kappa shape index (κ2) is 2.34. The van der Waals surface area contributed by atoms with Gasteiger partial charge in [-0.2, -0.15) is 0 Å². The molecule has 0 aliphatic carbocycles. The molecule has 2 amide bonds. The summed E-state index contributed by atoms with van der Waals surface area (Å²) in [7, 11) is 0. The van der Waals surface area contributed by atoms with Crippen LogP contribution in [0, 0.1) is 0 Å². The molecule has 0 aromatic carbocycles. The topological polar surface area (TPSA) is 74.7 Å². The number of carbonyl (C=O) groups is 3. The first kappa shape index (κ1) is 7.71. The van der Waals surface area contributed by atoms with E-state index in [2.05, 4.69) is 0 Å². The Labute approximate surface area is 62.6 Å². The van der Waals surface area contributed by atoms with Crippen molar-refractivity contribution in [2.24, 2.45) is 0 Å². The Hall–Kier alpha value is -1.39. The van der Waals surface area contributed by atoms with E-state index in [4.69, 9.17) is 5.11 Å². The molecule has 0 bridgehead atoms. The number of likely N-dealkylation sites (tertiary alicyclic amines) is 1. The van der Waals surface area contributed by atoms with Crippen molar-refractivity contribution in [3.05, 3.63) is 0 Å². The Morgan fingerprint density at radius 2 is 2.18 bits per heavy atom. The lowest BCUT2D eigenvalue weighted by Gasteiger charge is -2.12. The zero-order chi connectivity index (χ0) is 8.59. The highest BCUT2D eigenvalue weighted by Crippen LogP contribution is 2.14. The molecule has 1 aliphatic rings. The van der Waals surface area contributed by atoms with Gasteiger partial charge in [-0.3, -0.25) is 9.59 Å². The first-order valence-corrected chi connectivity index (χ1v) is 3.11. The van der Waals surface area contributed by atoms with Crippen molar-refractivity contribution < 1.29 is 19.5 Å². The van der Waals surface area contributed by atoms with Gasteiger partial charge >= 0.3 is 6.09 Å². The summed E-state index contributed by atoms with van der Waals surface area (Å²) in [6.45, 7) is 1.40. The van der Waals surface area contributed by atoms with Crippen molar-refractivity contribution in [1.29, 1.82) is 0 Å². The molecule has 5 heteroatoms. The maximum atomic E-state index is 10.8. The van der Waals surface area contributed by atoms with Gasteiger partial charge in [0, 0.05) is 0 Å². The molecule has 0 aromatic rings. The number of amides is 2. The molecule has 1 rings (SSSR count). The molecule has 1 heterocycles. The summed E-state index contributed by atoms with van der Waals surface area (Å²) in [5.74, 6) is -0.965. The second-order valence-electron chi connectivity index (χ2n) is 2.37. The van der Waals surface area contributed by atoms with Crippen LogP contribution >= 0.6 is 0 Å². The molecule has 0 aromatic heterocycles. The van der Waals surface area contributed by atoms with Gasteiger partial charge in [0.2, 0.25) is 5.91 Å². The summed E-state index contributed by atoms with van der Waals surface area (Å²) >= 11 is 0. The van der Waals surface area contributed by atoms with Crippen LogP contribution in [0.3, 0.4) is 0 Å². The third-order valence-corrected chi connectivity index (χ3v) is 1.65. The fraction of sp³-hybridized carbons (Fsp3) is 0.500. The van der Waals surface area contributed by atoms with Crippen molar-refractivity contribution in [1.82, 2.24) is 4.90 Å². The van der Waals surface area contributed by atoms with E-state index in [0.717, 1.165) is 0 Å². The lowest BCUT2D eigenvalue weighted by atomic mass is 10.2. The van der Waals surface area contributed by atoms with Crippen molar-refractivity contribution in [3.63, 3.8) is 0 Å². The van der Waals surface area contributed by atoms with Crippen molar-refractivity contribution in [2.75, 3.05) is 0 Å². The monoisotopic (exact) mass is 157 g/mol. The number of rotatable bonds is 0. The molecule has 0 saturated carbocycles. The van der Waals surface area contributed by atoms with E-state index in [-0.39, 0.29) is 12.2 Å². The van der Waals surface area contributed by atoms with Crippen LogP contribution < -0.4 is 0 Å². The van der Waals surface area contributed by atoms with Gasteiger partial charge in [0.1, 0.15) is 0 Å². The number of carboxylic acid groups (broad SMARTS) is 1. The summed E-state index contributed by atoms with van der Waals surface area (Å²) in [5, 5.41) is 8.42. The minimum atomic E-state index is -1.35. The normalized spacial score (nSPS) is 24.5. The minimum absolute atomic E-state index is 0.284. The molecule has 0 radical (unpaired) electrons. The zero-order valence-corrected chi connectivity index (χ0v) is 5.90. The number of imide groups is 1. The summed E-state index contributed by atoms with van der Waals surface area (Å²) < 4.78 is 0. The molecule has 1 saturated heterocycles. The molecule has 11 heavy (non-hydrogen) atoms. The smallest absolute Gasteiger partial charge is 0.414 e. The van der Waals surface area contributed by atoms with Crippen LogP contribution in [-0.2, 0) is 9.59 Å². The van der Waals surface area contributed by atoms with Crippen molar-refractivity contribution in [2.45, 2.75) is 19.4 Å². The Bertz CT molecular complexity index is 235. The standard InChI is InChI=1S/C6H7NO4/c1-3-4(8)2-5(9)7(3)6(10)11/h3H,2H2,1H3,(H,10,11). The molecule has 0 spiro atoms. The van der Waals surface area contributed by atoms with Crippen LogP contribution in [0.5, 0.6) is 0 Å². The Morgan fingerprint density at radius 1 is 1.64 bits per heavy atom. The maximum Gasteiger partial charge on any atom is 0.414 e. The number of ketones is 1. The van der Waals surface area contributed by atoms with E-state index in [1.165, 1.54) is 6.92 Å². The zero-order valence-electron chi connectivity index (χ0n) is 5.90. The summed E-state index contributed by atoms with van der Waals surface area (Å²) in [5.41, 5.74) is 0. The molecule has 1 aliphatic heterocycles. The molecule has 1 N–H and O–H groups in total. The summed E-state index contributed by atoms with van der Waals surface area (Å²) in [6.07, 6.45) is -1.64. The fourth-order valence-corrected chi connectivity index (χ4v) is 1.01. The SMILES string of the molecule is CC1C(=O)CC(=O)N1C(=O)O. The van der Waals surface area contributed by atoms with Gasteiger partial charge in [-0.05, 0) is 6.92 Å². The van der Waals surface area contributed by atoms with Crippen LogP contribution in [0.15, 0.2) is 0 Å². The van der Waals surface area contributed by atoms with Crippen LogP contribution in [0.25, 0.3) is 0 Å². The predicted octanol–water partition coefficient (Wildman–Crippen LogP) is -0.146. The Balaban J connectivity index is 2.88. The van der Waals surface area contributed by atoms with Crippen LogP contribution in [0.2, 0.25) is 0 Å². The van der Waals surface area contributed by atoms with Gasteiger partial charge in [-0.25, -0.2) is 9.69 Å². The molecule has 5 nitrogen and oxygen atoms in total. The van der Waals surface area contributed by atoms with E-state index >= 15 is 0 Å². The van der Waals surface area contributed by atoms with Crippen LogP contribution in [-0.4, -0.2) is 33.8 Å². The lowest BCUT2D eigenvalue weighted by molar-refractivity contribution is -0.126. The quantitative estimate of drug-likeness (QED) is 0.496.